The maximum Gasteiger partial charge on any atom is 0.0820 e. The number of aliphatic hydroxyl groups excluding tert-OH is 1. The Bertz CT molecular complexity index is 485. The van der Waals surface area contributed by atoms with Gasteiger partial charge in [0.2, 0.25) is 0 Å². The standard InChI is InChI=1S/C16H21BrO2S/c1-11-8-12(2-3-14(11)17)15(18)13-4-6-19-16(9-13)5-7-20-10-16/h2-3,8,13,15,18H,4-7,9-10H2,1H3. The van der Waals surface area contributed by atoms with Gasteiger partial charge in [-0.15, -0.1) is 0 Å². The highest BCUT2D eigenvalue weighted by Crippen LogP contribution is 2.44. The van der Waals surface area contributed by atoms with E-state index in [4.69, 9.17) is 4.74 Å². The average molecular weight is 357 g/mol. The fraction of sp³-hybridized carbons (Fsp3) is 0.625. The van der Waals surface area contributed by atoms with Crippen LogP contribution in [0.5, 0.6) is 0 Å². The minimum atomic E-state index is -0.367. The van der Waals surface area contributed by atoms with E-state index in [9.17, 15) is 5.11 Å². The molecule has 2 aliphatic heterocycles. The first-order chi connectivity index (χ1) is 9.60. The first-order valence-corrected chi connectivity index (χ1v) is 9.20. The molecule has 1 N–H and O–H groups in total. The molecule has 1 spiro atoms. The van der Waals surface area contributed by atoms with Crippen LogP contribution in [-0.4, -0.2) is 28.8 Å². The van der Waals surface area contributed by atoms with Crippen molar-refractivity contribution >= 4 is 27.7 Å². The van der Waals surface area contributed by atoms with Crippen LogP contribution in [0.25, 0.3) is 0 Å². The van der Waals surface area contributed by atoms with Gasteiger partial charge in [-0.05, 0) is 55.1 Å². The van der Waals surface area contributed by atoms with Crippen LogP contribution in [0.4, 0.5) is 0 Å². The van der Waals surface area contributed by atoms with Crippen LogP contribution >= 0.6 is 27.7 Å². The predicted molar refractivity (Wildman–Crippen MR) is 87.2 cm³/mol. The third-order valence-electron chi connectivity index (χ3n) is 4.57. The molecular formula is C16H21BrO2S. The second-order valence-corrected chi connectivity index (χ2v) is 8.00. The molecule has 2 fully saturated rings. The SMILES string of the molecule is Cc1cc(C(O)C2CCOC3(CCSC3)C2)ccc1Br. The summed E-state index contributed by atoms with van der Waals surface area (Å²) in [5.41, 5.74) is 2.26. The molecule has 0 amide bonds. The Kier molecular flexibility index (Phi) is 4.46. The lowest BCUT2D eigenvalue weighted by Gasteiger charge is -2.39. The summed E-state index contributed by atoms with van der Waals surface area (Å²) in [7, 11) is 0. The van der Waals surface area contributed by atoms with Gasteiger partial charge in [0.25, 0.3) is 0 Å². The fourth-order valence-corrected chi connectivity index (χ4v) is 4.95. The summed E-state index contributed by atoms with van der Waals surface area (Å²) in [5.74, 6) is 2.61. The van der Waals surface area contributed by atoms with E-state index >= 15 is 0 Å². The molecule has 0 radical (unpaired) electrons. The van der Waals surface area contributed by atoms with Crippen molar-refractivity contribution in [3.63, 3.8) is 0 Å². The molecule has 0 saturated carbocycles. The van der Waals surface area contributed by atoms with Gasteiger partial charge in [0, 0.05) is 16.8 Å². The molecule has 4 heteroatoms. The zero-order chi connectivity index (χ0) is 14.2. The third kappa shape index (κ3) is 2.94. The van der Waals surface area contributed by atoms with Gasteiger partial charge in [-0.3, -0.25) is 0 Å². The number of aryl methyl sites for hydroxylation is 1. The molecule has 110 valence electrons. The molecule has 20 heavy (non-hydrogen) atoms. The predicted octanol–water partition coefficient (Wildman–Crippen LogP) is 4.09. The zero-order valence-electron chi connectivity index (χ0n) is 11.8. The topological polar surface area (TPSA) is 29.5 Å². The highest BCUT2D eigenvalue weighted by Gasteiger charge is 2.42. The number of benzene rings is 1. The van der Waals surface area contributed by atoms with Crippen LogP contribution < -0.4 is 0 Å². The van der Waals surface area contributed by atoms with Crippen LogP contribution in [-0.2, 0) is 4.74 Å². The molecule has 0 bridgehead atoms. The van der Waals surface area contributed by atoms with Crippen molar-refractivity contribution < 1.29 is 9.84 Å². The Hall–Kier alpha value is -0.0300. The Morgan fingerprint density at radius 1 is 1.50 bits per heavy atom. The van der Waals surface area contributed by atoms with E-state index in [-0.39, 0.29) is 11.7 Å². The minimum absolute atomic E-state index is 0.0406. The number of ether oxygens (including phenoxy) is 1. The molecule has 1 aromatic rings. The van der Waals surface area contributed by atoms with E-state index in [1.807, 2.05) is 23.9 Å². The molecule has 0 aromatic heterocycles. The largest absolute Gasteiger partial charge is 0.388 e. The summed E-state index contributed by atoms with van der Waals surface area (Å²) >= 11 is 5.50. The Morgan fingerprint density at radius 2 is 2.35 bits per heavy atom. The molecule has 0 aliphatic carbocycles. The van der Waals surface area contributed by atoms with Crippen molar-refractivity contribution in [2.75, 3.05) is 18.1 Å². The van der Waals surface area contributed by atoms with E-state index < -0.39 is 0 Å². The van der Waals surface area contributed by atoms with Crippen molar-refractivity contribution in [3.05, 3.63) is 33.8 Å². The molecule has 2 aliphatic rings. The molecule has 3 unspecified atom stereocenters. The lowest BCUT2D eigenvalue weighted by molar-refractivity contribution is -0.102. The van der Waals surface area contributed by atoms with Crippen LogP contribution in [0.15, 0.2) is 22.7 Å². The van der Waals surface area contributed by atoms with E-state index in [2.05, 4.69) is 28.9 Å². The lowest BCUT2D eigenvalue weighted by Crippen LogP contribution is -2.41. The van der Waals surface area contributed by atoms with E-state index in [0.717, 1.165) is 41.7 Å². The van der Waals surface area contributed by atoms with Gasteiger partial charge >= 0.3 is 0 Å². The van der Waals surface area contributed by atoms with Crippen molar-refractivity contribution in [3.8, 4) is 0 Å². The Balaban J connectivity index is 1.75. The maximum atomic E-state index is 10.7. The highest BCUT2D eigenvalue weighted by molar-refractivity contribution is 9.10. The zero-order valence-corrected chi connectivity index (χ0v) is 14.2. The van der Waals surface area contributed by atoms with Crippen LogP contribution in [0.2, 0.25) is 0 Å². The van der Waals surface area contributed by atoms with Crippen molar-refractivity contribution in [1.82, 2.24) is 0 Å². The van der Waals surface area contributed by atoms with Gasteiger partial charge in [0.1, 0.15) is 0 Å². The highest BCUT2D eigenvalue weighted by atomic mass is 79.9. The summed E-state index contributed by atoms with van der Waals surface area (Å²) in [4.78, 5) is 0. The molecule has 3 rings (SSSR count). The van der Waals surface area contributed by atoms with Crippen molar-refractivity contribution in [1.29, 1.82) is 0 Å². The van der Waals surface area contributed by atoms with Gasteiger partial charge < -0.3 is 9.84 Å². The molecule has 2 nitrogen and oxygen atoms in total. The number of hydrogen-bond acceptors (Lipinski definition) is 3. The van der Waals surface area contributed by atoms with Crippen LogP contribution in [0.3, 0.4) is 0 Å². The van der Waals surface area contributed by atoms with Gasteiger partial charge in [-0.2, -0.15) is 11.8 Å². The average Bonchev–Trinajstić information content (AvgIpc) is 2.89. The molecular weight excluding hydrogens is 336 g/mol. The Morgan fingerprint density at radius 3 is 3.05 bits per heavy atom. The number of halogens is 1. The minimum Gasteiger partial charge on any atom is -0.388 e. The quantitative estimate of drug-likeness (QED) is 0.864. The summed E-state index contributed by atoms with van der Waals surface area (Å²) in [6, 6.07) is 6.17. The van der Waals surface area contributed by atoms with Crippen LogP contribution in [0, 0.1) is 12.8 Å². The van der Waals surface area contributed by atoms with E-state index in [1.54, 1.807) is 0 Å². The molecule has 2 heterocycles. The van der Waals surface area contributed by atoms with Gasteiger partial charge in [0.05, 0.1) is 11.7 Å². The van der Waals surface area contributed by atoms with Crippen LogP contribution in [0.1, 0.15) is 36.5 Å². The van der Waals surface area contributed by atoms with E-state index in [0.29, 0.717) is 5.92 Å². The second kappa shape index (κ2) is 5.99. The summed E-state index contributed by atoms with van der Waals surface area (Å²) in [6.07, 6.45) is 2.73. The normalized spacial score (nSPS) is 31.6. The van der Waals surface area contributed by atoms with Gasteiger partial charge in [0.15, 0.2) is 0 Å². The van der Waals surface area contributed by atoms with Gasteiger partial charge in [-0.1, -0.05) is 28.1 Å². The second-order valence-electron chi connectivity index (χ2n) is 6.04. The van der Waals surface area contributed by atoms with Gasteiger partial charge in [-0.25, -0.2) is 0 Å². The maximum absolute atomic E-state index is 10.7. The van der Waals surface area contributed by atoms with Crippen molar-refractivity contribution in [2.24, 2.45) is 5.92 Å². The molecule has 2 saturated heterocycles. The first kappa shape index (κ1) is 14.9. The molecule has 3 atom stereocenters. The summed E-state index contributed by atoms with van der Waals surface area (Å²) in [5, 5.41) is 10.7. The van der Waals surface area contributed by atoms with E-state index in [1.165, 1.54) is 11.3 Å². The summed E-state index contributed by atoms with van der Waals surface area (Å²) < 4.78 is 7.15. The van der Waals surface area contributed by atoms with Crippen molar-refractivity contribution in [2.45, 2.75) is 37.9 Å². The number of aliphatic hydroxyl groups is 1. The number of thioether (sulfide) groups is 1. The monoisotopic (exact) mass is 356 g/mol. The Labute approximate surface area is 133 Å². The summed E-state index contributed by atoms with van der Waals surface area (Å²) in [6.45, 7) is 2.86. The third-order valence-corrected chi connectivity index (χ3v) is 6.68. The lowest BCUT2D eigenvalue weighted by atomic mass is 9.80. The first-order valence-electron chi connectivity index (χ1n) is 7.25. The number of rotatable bonds is 2. The smallest absolute Gasteiger partial charge is 0.0820 e. The number of hydrogen-bond donors (Lipinski definition) is 1. The molecule has 1 aromatic carbocycles. The fourth-order valence-electron chi connectivity index (χ4n) is 3.32.